The maximum atomic E-state index is 11.0. The second-order valence-corrected chi connectivity index (χ2v) is 3.94. The molecule has 0 aliphatic carbocycles. The van der Waals surface area contributed by atoms with E-state index in [0.717, 1.165) is 25.9 Å². The van der Waals surface area contributed by atoms with Crippen molar-refractivity contribution in [3.05, 3.63) is 0 Å². The van der Waals surface area contributed by atoms with Crippen LogP contribution < -0.4 is 0 Å². The Morgan fingerprint density at radius 3 is 2.46 bits per heavy atom. The topological polar surface area (TPSA) is 20.3 Å². The normalized spacial score (nSPS) is 19.3. The zero-order valence-corrected chi connectivity index (χ0v) is 8.72. The molecule has 1 heterocycles. The summed E-state index contributed by atoms with van der Waals surface area (Å²) in [7, 11) is 0. The Kier molecular flexibility index (Phi) is 5.06. The van der Waals surface area contributed by atoms with E-state index in [1.807, 2.05) is 0 Å². The lowest BCUT2D eigenvalue weighted by atomic mass is 10.1. The SMILES string of the molecule is CCCCCCN1CCC(=O)CC1. The highest BCUT2D eigenvalue weighted by atomic mass is 16.1. The summed E-state index contributed by atoms with van der Waals surface area (Å²) in [5, 5.41) is 0. The van der Waals surface area contributed by atoms with E-state index in [1.54, 1.807) is 0 Å². The first-order valence-corrected chi connectivity index (χ1v) is 5.57. The number of ketones is 1. The highest BCUT2D eigenvalue weighted by Crippen LogP contribution is 2.07. The Bertz CT molecular complexity index is 146. The number of piperidine rings is 1. The number of unbranched alkanes of at least 4 members (excludes halogenated alkanes) is 3. The van der Waals surface area contributed by atoms with Crippen LogP contribution in [0.25, 0.3) is 0 Å². The van der Waals surface area contributed by atoms with E-state index in [4.69, 9.17) is 0 Å². The van der Waals surface area contributed by atoms with Crippen molar-refractivity contribution in [2.24, 2.45) is 0 Å². The molecule has 1 rings (SSSR count). The molecule has 1 saturated heterocycles. The van der Waals surface area contributed by atoms with E-state index in [-0.39, 0.29) is 0 Å². The van der Waals surface area contributed by atoms with Gasteiger partial charge in [0.1, 0.15) is 5.78 Å². The van der Waals surface area contributed by atoms with Crippen molar-refractivity contribution in [1.29, 1.82) is 0 Å². The van der Waals surface area contributed by atoms with Gasteiger partial charge in [-0.2, -0.15) is 0 Å². The Morgan fingerprint density at radius 2 is 1.85 bits per heavy atom. The fraction of sp³-hybridized carbons (Fsp3) is 0.909. The van der Waals surface area contributed by atoms with Gasteiger partial charge in [0.25, 0.3) is 0 Å². The second kappa shape index (κ2) is 6.14. The van der Waals surface area contributed by atoms with E-state index >= 15 is 0 Å². The fourth-order valence-electron chi connectivity index (χ4n) is 1.79. The van der Waals surface area contributed by atoms with Crippen LogP contribution in [0.15, 0.2) is 0 Å². The Morgan fingerprint density at radius 1 is 1.15 bits per heavy atom. The first kappa shape index (κ1) is 10.7. The molecule has 0 aromatic carbocycles. The standard InChI is InChI=1S/C11H21NO/c1-2-3-4-5-8-12-9-6-11(13)7-10-12/h2-10H2,1H3. The van der Waals surface area contributed by atoms with Crippen LogP contribution in [0.5, 0.6) is 0 Å². The van der Waals surface area contributed by atoms with Gasteiger partial charge in [-0.15, -0.1) is 0 Å². The quantitative estimate of drug-likeness (QED) is 0.609. The number of likely N-dealkylation sites (tertiary alicyclic amines) is 1. The second-order valence-electron chi connectivity index (χ2n) is 3.94. The highest BCUT2D eigenvalue weighted by molar-refractivity contribution is 5.79. The van der Waals surface area contributed by atoms with E-state index in [2.05, 4.69) is 11.8 Å². The number of carbonyl (C=O) groups excluding carboxylic acids is 1. The van der Waals surface area contributed by atoms with Crippen LogP contribution in [0, 0.1) is 0 Å². The lowest BCUT2D eigenvalue weighted by Gasteiger charge is -2.25. The first-order valence-electron chi connectivity index (χ1n) is 5.57. The minimum atomic E-state index is 0.449. The molecule has 1 aliphatic rings. The predicted octanol–water partition coefficient (Wildman–Crippen LogP) is 2.23. The van der Waals surface area contributed by atoms with Crippen LogP contribution in [0.4, 0.5) is 0 Å². The number of carbonyl (C=O) groups is 1. The molecule has 0 unspecified atom stereocenters. The minimum absolute atomic E-state index is 0.449. The molecule has 0 saturated carbocycles. The van der Waals surface area contributed by atoms with Crippen molar-refractivity contribution < 1.29 is 4.79 Å². The van der Waals surface area contributed by atoms with Gasteiger partial charge in [-0.25, -0.2) is 0 Å². The van der Waals surface area contributed by atoms with E-state index in [1.165, 1.54) is 32.2 Å². The molecule has 76 valence electrons. The molecule has 1 fully saturated rings. The molecule has 0 bridgehead atoms. The highest BCUT2D eigenvalue weighted by Gasteiger charge is 2.14. The van der Waals surface area contributed by atoms with Crippen LogP contribution in [-0.4, -0.2) is 30.3 Å². The zero-order valence-electron chi connectivity index (χ0n) is 8.72. The third-order valence-corrected chi connectivity index (χ3v) is 2.74. The fourth-order valence-corrected chi connectivity index (χ4v) is 1.79. The number of rotatable bonds is 5. The number of nitrogens with zero attached hydrogens (tertiary/aromatic N) is 1. The van der Waals surface area contributed by atoms with Gasteiger partial charge in [-0.05, 0) is 13.0 Å². The van der Waals surface area contributed by atoms with Crippen molar-refractivity contribution in [2.75, 3.05) is 19.6 Å². The third-order valence-electron chi connectivity index (χ3n) is 2.74. The summed E-state index contributed by atoms with van der Waals surface area (Å²) in [6.07, 6.45) is 6.88. The smallest absolute Gasteiger partial charge is 0.135 e. The third kappa shape index (κ3) is 4.41. The number of hydrogen-bond donors (Lipinski definition) is 0. The van der Waals surface area contributed by atoms with Crippen molar-refractivity contribution in [3.63, 3.8) is 0 Å². The zero-order chi connectivity index (χ0) is 9.52. The molecule has 0 atom stereocenters. The van der Waals surface area contributed by atoms with Crippen molar-refractivity contribution in [3.8, 4) is 0 Å². The monoisotopic (exact) mass is 183 g/mol. The van der Waals surface area contributed by atoms with Gasteiger partial charge in [0, 0.05) is 25.9 Å². The summed E-state index contributed by atoms with van der Waals surface area (Å²) >= 11 is 0. The van der Waals surface area contributed by atoms with E-state index < -0.39 is 0 Å². The maximum absolute atomic E-state index is 11.0. The maximum Gasteiger partial charge on any atom is 0.135 e. The molecule has 2 nitrogen and oxygen atoms in total. The Balaban J connectivity index is 1.99. The Hall–Kier alpha value is -0.370. The van der Waals surface area contributed by atoms with E-state index in [0.29, 0.717) is 5.78 Å². The minimum Gasteiger partial charge on any atom is -0.302 e. The predicted molar refractivity (Wildman–Crippen MR) is 54.8 cm³/mol. The van der Waals surface area contributed by atoms with Crippen LogP contribution in [0.3, 0.4) is 0 Å². The molecular formula is C11H21NO. The summed E-state index contributed by atoms with van der Waals surface area (Å²) < 4.78 is 0. The van der Waals surface area contributed by atoms with Gasteiger partial charge in [-0.3, -0.25) is 4.79 Å². The van der Waals surface area contributed by atoms with Crippen LogP contribution >= 0.6 is 0 Å². The van der Waals surface area contributed by atoms with Crippen LogP contribution in [0.1, 0.15) is 45.4 Å². The van der Waals surface area contributed by atoms with Gasteiger partial charge in [-0.1, -0.05) is 26.2 Å². The molecule has 0 N–H and O–H groups in total. The molecule has 1 aliphatic heterocycles. The van der Waals surface area contributed by atoms with Gasteiger partial charge in [0.15, 0.2) is 0 Å². The summed E-state index contributed by atoms with van der Waals surface area (Å²) in [5.41, 5.74) is 0. The molecule has 0 spiro atoms. The number of Topliss-reactive ketones (excluding diaryl/α,β-unsaturated/α-hetero) is 1. The molecular weight excluding hydrogens is 162 g/mol. The molecule has 0 aromatic heterocycles. The molecule has 0 amide bonds. The lowest BCUT2D eigenvalue weighted by molar-refractivity contribution is -0.121. The lowest BCUT2D eigenvalue weighted by Crippen LogP contribution is -2.34. The number of hydrogen-bond acceptors (Lipinski definition) is 2. The van der Waals surface area contributed by atoms with Crippen molar-refractivity contribution in [2.45, 2.75) is 45.4 Å². The average molecular weight is 183 g/mol. The van der Waals surface area contributed by atoms with Crippen molar-refractivity contribution in [1.82, 2.24) is 4.90 Å². The summed E-state index contributed by atoms with van der Waals surface area (Å²) in [5.74, 6) is 0.449. The van der Waals surface area contributed by atoms with Gasteiger partial charge >= 0.3 is 0 Å². The average Bonchev–Trinajstić information content (AvgIpc) is 2.15. The summed E-state index contributed by atoms with van der Waals surface area (Å²) in [6.45, 7) is 5.45. The largest absolute Gasteiger partial charge is 0.302 e. The molecule has 0 aromatic rings. The van der Waals surface area contributed by atoms with Crippen LogP contribution in [-0.2, 0) is 4.79 Å². The van der Waals surface area contributed by atoms with Crippen LogP contribution in [0.2, 0.25) is 0 Å². The molecule has 0 radical (unpaired) electrons. The van der Waals surface area contributed by atoms with Gasteiger partial charge in [0.2, 0.25) is 0 Å². The molecule has 13 heavy (non-hydrogen) atoms. The van der Waals surface area contributed by atoms with Gasteiger partial charge < -0.3 is 4.90 Å². The summed E-state index contributed by atoms with van der Waals surface area (Å²) in [6, 6.07) is 0. The van der Waals surface area contributed by atoms with Crippen molar-refractivity contribution >= 4 is 5.78 Å². The Labute approximate surface area is 81.3 Å². The van der Waals surface area contributed by atoms with Gasteiger partial charge in [0.05, 0.1) is 0 Å². The van der Waals surface area contributed by atoms with E-state index in [9.17, 15) is 4.79 Å². The molecule has 2 heteroatoms. The first-order chi connectivity index (χ1) is 6.33. The summed E-state index contributed by atoms with van der Waals surface area (Å²) in [4.78, 5) is 13.4.